The van der Waals surface area contributed by atoms with Crippen LogP contribution in [0.15, 0.2) is 0 Å². The number of amides is 3. The first-order valence-electron chi connectivity index (χ1n) is 8.16. The van der Waals surface area contributed by atoms with Crippen molar-refractivity contribution in [2.75, 3.05) is 26.2 Å². The van der Waals surface area contributed by atoms with E-state index in [9.17, 15) is 9.59 Å². The number of nitrogens with zero attached hydrogens (tertiary/aromatic N) is 1. The van der Waals surface area contributed by atoms with Crippen LogP contribution in [0.5, 0.6) is 0 Å². The summed E-state index contributed by atoms with van der Waals surface area (Å²) >= 11 is 0. The van der Waals surface area contributed by atoms with Crippen LogP contribution in [0.4, 0.5) is 9.59 Å². The number of ether oxygens (including phenoxy) is 2. The molecule has 2 saturated heterocycles. The second kappa shape index (κ2) is 8.22. The molecule has 2 rings (SSSR count). The Kier molecular flexibility index (Phi) is 6.30. The van der Waals surface area contributed by atoms with Crippen LogP contribution in [0.2, 0.25) is 0 Å². The number of urea groups is 1. The molecular weight excluding hydrogens is 286 g/mol. The van der Waals surface area contributed by atoms with Gasteiger partial charge in [-0.05, 0) is 39.5 Å². The number of rotatable bonds is 4. The topological polar surface area (TPSA) is 79.9 Å². The van der Waals surface area contributed by atoms with E-state index < -0.39 is 0 Å². The highest BCUT2D eigenvalue weighted by Crippen LogP contribution is 2.13. The molecular formula is C15H27N3O4. The zero-order chi connectivity index (χ0) is 15.9. The van der Waals surface area contributed by atoms with Gasteiger partial charge in [0.15, 0.2) is 0 Å². The third-order valence-corrected chi connectivity index (χ3v) is 3.94. The van der Waals surface area contributed by atoms with Gasteiger partial charge in [0.05, 0.1) is 12.2 Å². The lowest BCUT2D eigenvalue weighted by Crippen LogP contribution is -2.50. The third-order valence-electron chi connectivity index (χ3n) is 3.94. The van der Waals surface area contributed by atoms with E-state index in [2.05, 4.69) is 10.6 Å². The number of piperidine rings is 1. The smallest absolute Gasteiger partial charge is 0.410 e. The average Bonchev–Trinajstić information content (AvgIpc) is 2.98. The van der Waals surface area contributed by atoms with Crippen molar-refractivity contribution in [1.29, 1.82) is 0 Å². The van der Waals surface area contributed by atoms with Crippen LogP contribution < -0.4 is 10.6 Å². The molecule has 2 aliphatic rings. The lowest BCUT2D eigenvalue weighted by atomic mass is 10.1. The van der Waals surface area contributed by atoms with E-state index in [1.54, 1.807) is 4.90 Å². The molecule has 1 atom stereocenters. The first-order valence-corrected chi connectivity index (χ1v) is 8.16. The zero-order valence-electron chi connectivity index (χ0n) is 13.5. The lowest BCUT2D eigenvalue weighted by Gasteiger charge is -2.32. The number of nitrogens with one attached hydrogen (secondary N) is 2. The van der Waals surface area contributed by atoms with Crippen LogP contribution in [0.25, 0.3) is 0 Å². The highest BCUT2D eigenvalue weighted by molar-refractivity contribution is 5.74. The minimum absolute atomic E-state index is 0.104. The minimum Gasteiger partial charge on any atom is -0.447 e. The Balaban J connectivity index is 1.62. The Hall–Kier alpha value is -1.50. The molecule has 2 heterocycles. The molecule has 0 aliphatic carbocycles. The van der Waals surface area contributed by atoms with Crippen LogP contribution in [-0.4, -0.2) is 61.5 Å². The van der Waals surface area contributed by atoms with Crippen molar-refractivity contribution in [2.24, 2.45) is 0 Å². The van der Waals surface area contributed by atoms with E-state index in [1.165, 1.54) is 0 Å². The second-order valence-corrected chi connectivity index (χ2v) is 6.18. The van der Waals surface area contributed by atoms with Crippen molar-refractivity contribution in [1.82, 2.24) is 15.5 Å². The van der Waals surface area contributed by atoms with Crippen LogP contribution in [0, 0.1) is 0 Å². The predicted octanol–water partition coefficient (Wildman–Crippen LogP) is 1.47. The quantitative estimate of drug-likeness (QED) is 0.824. The summed E-state index contributed by atoms with van der Waals surface area (Å²) in [6.07, 6.45) is 3.36. The van der Waals surface area contributed by atoms with Crippen molar-refractivity contribution in [2.45, 2.75) is 57.8 Å². The summed E-state index contributed by atoms with van der Waals surface area (Å²) in [5, 5.41) is 5.81. The molecule has 0 aromatic heterocycles. The molecule has 0 bridgehead atoms. The molecule has 22 heavy (non-hydrogen) atoms. The summed E-state index contributed by atoms with van der Waals surface area (Å²) in [6.45, 7) is 6.25. The van der Waals surface area contributed by atoms with Gasteiger partial charge in [-0.25, -0.2) is 9.59 Å². The molecule has 0 aromatic carbocycles. The second-order valence-electron chi connectivity index (χ2n) is 6.18. The molecule has 2 N–H and O–H groups in total. The van der Waals surface area contributed by atoms with Crippen molar-refractivity contribution in [3.05, 3.63) is 0 Å². The van der Waals surface area contributed by atoms with Gasteiger partial charge in [0.1, 0.15) is 0 Å². The van der Waals surface area contributed by atoms with E-state index in [4.69, 9.17) is 9.47 Å². The number of likely N-dealkylation sites (tertiary alicyclic amines) is 1. The minimum atomic E-state index is -0.267. The van der Waals surface area contributed by atoms with Crippen LogP contribution in [0.1, 0.15) is 39.5 Å². The van der Waals surface area contributed by atoms with Gasteiger partial charge in [-0.15, -0.1) is 0 Å². The summed E-state index contributed by atoms with van der Waals surface area (Å²) in [5.41, 5.74) is 0. The van der Waals surface area contributed by atoms with E-state index in [0.717, 1.165) is 32.3 Å². The molecule has 0 radical (unpaired) electrons. The zero-order valence-corrected chi connectivity index (χ0v) is 13.5. The molecule has 7 nitrogen and oxygen atoms in total. The summed E-state index contributed by atoms with van der Waals surface area (Å²) in [5.74, 6) is 0. The van der Waals surface area contributed by atoms with Crippen molar-refractivity contribution >= 4 is 12.1 Å². The molecule has 126 valence electrons. The Labute approximate surface area is 131 Å². The Bertz CT molecular complexity index is 375. The van der Waals surface area contributed by atoms with Gasteiger partial charge in [0, 0.05) is 32.3 Å². The van der Waals surface area contributed by atoms with Gasteiger partial charge >= 0.3 is 12.1 Å². The number of hydrogen-bond acceptors (Lipinski definition) is 4. The SMILES string of the molecule is CC(C)OC(=O)N1CCC(NC(=O)NC[C@H]2CCCO2)CC1. The Morgan fingerprint density at radius 3 is 2.59 bits per heavy atom. The number of carbonyl (C=O) groups is 2. The monoisotopic (exact) mass is 313 g/mol. The summed E-state index contributed by atoms with van der Waals surface area (Å²) in [6, 6.07) is -0.0497. The summed E-state index contributed by atoms with van der Waals surface area (Å²) in [7, 11) is 0. The van der Waals surface area contributed by atoms with Crippen LogP contribution >= 0.6 is 0 Å². The largest absolute Gasteiger partial charge is 0.447 e. The maximum atomic E-state index is 11.8. The maximum Gasteiger partial charge on any atom is 0.410 e. The van der Waals surface area contributed by atoms with Gasteiger partial charge in [-0.1, -0.05) is 0 Å². The highest BCUT2D eigenvalue weighted by Gasteiger charge is 2.25. The van der Waals surface area contributed by atoms with Gasteiger partial charge in [0.2, 0.25) is 0 Å². The van der Waals surface area contributed by atoms with Crippen molar-refractivity contribution in [3.8, 4) is 0 Å². The van der Waals surface area contributed by atoms with Gasteiger partial charge in [0.25, 0.3) is 0 Å². The van der Waals surface area contributed by atoms with Crippen molar-refractivity contribution < 1.29 is 19.1 Å². The fourth-order valence-electron chi connectivity index (χ4n) is 2.73. The molecule has 2 aliphatic heterocycles. The van der Waals surface area contributed by atoms with Crippen LogP contribution in [-0.2, 0) is 9.47 Å². The standard InChI is InChI=1S/C15H27N3O4/c1-11(2)22-15(20)18-7-5-12(6-8-18)17-14(19)16-10-13-4-3-9-21-13/h11-13H,3-10H2,1-2H3,(H2,16,17,19)/t13-/m1/s1. The Morgan fingerprint density at radius 2 is 2.00 bits per heavy atom. The average molecular weight is 313 g/mol. The van der Waals surface area contributed by atoms with Gasteiger partial charge in [-0.3, -0.25) is 0 Å². The fourth-order valence-corrected chi connectivity index (χ4v) is 2.73. The molecule has 0 saturated carbocycles. The van der Waals surface area contributed by atoms with Gasteiger partial charge in [-0.2, -0.15) is 0 Å². The predicted molar refractivity (Wildman–Crippen MR) is 81.7 cm³/mol. The molecule has 7 heteroatoms. The molecule has 0 unspecified atom stereocenters. The van der Waals surface area contributed by atoms with Gasteiger partial charge < -0.3 is 25.0 Å². The first-order chi connectivity index (χ1) is 10.5. The van der Waals surface area contributed by atoms with E-state index in [-0.39, 0.29) is 30.4 Å². The number of hydrogen-bond donors (Lipinski definition) is 2. The normalized spacial score (nSPS) is 22.7. The summed E-state index contributed by atoms with van der Waals surface area (Å²) in [4.78, 5) is 25.3. The lowest BCUT2D eigenvalue weighted by molar-refractivity contribution is 0.0682. The highest BCUT2D eigenvalue weighted by atomic mass is 16.6. The maximum absolute atomic E-state index is 11.8. The third kappa shape index (κ3) is 5.36. The molecule has 2 fully saturated rings. The van der Waals surface area contributed by atoms with E-state index >= 15 is 0 Å². The van der Waals surface area contributed by atoms with Crippen molar-refractivity contribution in [3.63, 3.8) is 0 Å². The van der Waals surface area contributed by atoms with Crippen LogP contribution in [0.3, 0.4) is 0 Å². The molecule has 0 aromatic rings. The fraction of sp³-hybridized carbons (Fsp3) is 0.867. The summed E-state index contributed by atoms with van der Waals surface area (Å²) < 4.78 is 10.6. The Morgan fingerprint density at radius 1 is 1.27 bits per heavy atom. The van der Waals surface area contributed by atoms with E-state index in [0.29, 0.717) is 19.6 Å². The molecule has 3 amide bonds. The number of carbonyl (C=O) groups excluding carboxylic acids is 2. The molecule has 0 spiro atoms. The van der Waals surface area contributed by atoms with E-state index in [1.807, 2.05) is 13.8 Å². The first kappa shape index (κ1) is 16.9.